The van der Waals surface area contributed by atoms with Crippen molar-refractivity contribution in [3.63, 3.8) is 0 Å². The van der Waals surface area contributed by atoms with E-state index in [0.717, 1.165) is 0 Å². The van der Waals surface area contributed by atoms with Crippen LogP contribution in [0.15, 0.2) is 0 Å². The van der Waals surface area contributed by atoms with Gasteiger partial charge in [0, 0.05) is 13.8 Å². The fraction of sp³-hybridized carbons (Fsp3) is 0.833. The zero-order chi connectivity index (χ0) is 15.5. The van der Waals surface area contributed by atoms with Crippen LogP contribution in [0.2, 0.25) is 0 Å². The summed E-state index contributed by atoms with van der Waals surface area (Å²) in [5, 5.41) is 0. The Morgan fingerprint density at radius 1 is 0.737 bits per heavy atom. The van der Waals surface area contributed by atoms with Gasteiger partial charge >= 0.3 is 9.05 Å². The third-order valence-electron chi connectivity index (χ3n) is 1.40. The molecule has 0 N–H and O–H groups in total. The molecule has 0 aromatic rings. The maximum absolute atomic E-state index is 11.3. The number of rotatable bonds is 4. The van der Waals surface area contributed by atoms with Crippen LogP contribution in [0.3, 0.4) is 0 Å². The first-order valence-electron chi connectivity index (χ1n) is 6.04. The van der Waals surface area contributed by atoms with Crippen molar-refractivity contribution in [1.82, 2.24) is 0 Å². The molecule has 0 rings (SSSR count). The van der Waals surface area contributed by atoms with Crippen molar-refractivity contribution in [2.24, 2.45) is 0 Å². The Kier molecular flexibility index (Phi) is 5.73. The van der Waals surface area contributed by atoms with Gasteiger partial charge in [0.15, 0.2) is 0 Å². The summed E-state index contributed by atoms with van der Waals surface area (Å²) in [5.74, 6) is -1.25. The minimum Gasteiger partial charge on any atom is -0.442 e. The minimum atomic E-state index is -3.89. The molecule has 7 heteroatoms. The molecule has 0 amide bonds. The van der Waals surface area contributed by atoms with Gasteiger partial charge < -0.3 is 17.7 Å². The number of hydrogen-bond acceptors (Lipinski definition) is 6. The van der Waals surface area contributed by atoms with Gasteiger partial charge in [-0.1, -0.05) is 0 Å². The van der Waals surface area contributed by atoms with Crippen LogP contribution in [0.25, 0.3) is 0 Å². The standard InChI is InChI=1S/C12H24O6Si/c1-9(13)15-19(16-10(2)14,17-11(3,4)5)18-12(6,7)8/h1-8H3. The Morgan fingerprint density at radius 3 is 1.16 bits per heavy atom. The van der Waals surface area contributed by atoms with Crippen LogP contribution in [0.1, 0.15) is 55.4 Å². The number of carbonyl (C=O) groups is 2. The van der Waals surface area contributed by atoms with E-state index in [1.807, 2.05) is 0 Å². The smallest absolute Gasteiger partial charge is 0.442 e. The predicted octanol–water partition coefficient (Wildman–Crippen LogP) is 2.18. The van der Waals surface area contributed by atoms with Crippen molar-refractivity contribution in [2.45, 2.75) is 66.6 Å². The average Bonchev–Trinajstić information content (AvgIpc) is 1.89. The molecule has 0 radical (unpaired) electrons. The lowest BCUT2D eigenvalue weighted by Crippen LogP contribution is -2.58. The van der Waals surface area contributed by atoms with Crippen LogP contribution in [0, 0.1) is 0 Å². The molecule has 0 saturated heterocycles. The fourth-order valence-corrected chi connectivity index (χ4v) is 3.68. The van der Waals surface area contributed by atoms with E-state index in [1.54, 1.807) is 41.5 Å². The largest absolute Gasteiger partial charge is 0.825 e. The Labute approximate surface area is 115 Å². The van der Waals surface area contributed by atoms with Crippen molar-refractivity contribution in [3.8, 4) is 0 Å². The molecule has 0 fully saturated rings. The highest BCUT2D eigenvalue weighted by atomic mass is 28.4. The molecule has 0 aromatic carbocycles. The fourth-order valence-electron chi connectivity index (χ4n) is 1.23. The lowest BCUT2D eigenvalue weighted by atomic mass is 10.2. The molecule has 0 aromatic heterocycles. The van der Waals surface area contributed by atoms with E-state index < -0.39 is 32.2 Å². The molecule has 0 heterocycles. The van der Waals surface area contributed by atoms with Crippen LogP contribution < -0.4 is 0 Å². The van der Waals surface area contributed by atoms with Gasteiger partial charge in [-0.05, 0) is 41.5 Å². The van der Waals surface area contributed by atoms with Crippen LogP contribution in [0.4, 0.5) is 0 Å². The molecule has 0 aliphatic rings. The van der Waals surface area contributed by atoms with Gasteiger partial charge in [0.25, 0.3) is 11.9 Å². The van der Waals surface area contributed by atoms with Gasteiger partial charge in [0.05, 0.1) is 11.2 Å². The summed E-state index contributed by atoms with van der Waals surface area (Å²) in [6, 6.07) is 0. The molecule has 0 unspecified atom stereocenters. The summed E-state index contributed by atoms with van der Waals surface area (Å²) in [7, 11) is -3.89. The molecular weight excluding hydrogens is 268 g/mol. The molecular formula is C12H24O6Si. The molecule has 0 spiro atoms. The second kappa shape index (κ2) is 6.02. The first kappa shape index (κ1) is 18.1. The first-order valence-corrected chi connectivity index (χ1v) is 7.67. The second-order valence-electron chi connectivity index (χ2n) is 6.12. The minimum absolute atomic E-state index is 0.624. The topological polar surface area (TPSA) is 71.1 Å². The first-order chi connectivity index (χ1) is 8.25. The number of carbonyl (C=O) groups excluding carboxylic acids is 2. The van der Waals surface area contributed by atoms with Gasteiger partial charge in [0.2, 0.25) is 0 Å². The van der Waals surface area contributed by atoms with Crippen molar-refractivity contribution in [3.05, 3.63) is 0 Å². The summed E-state index contributed by atoms with van der Waals surface area (Å²) in [5.41, 5.74) is -1.38. The highest BCUT2D eigenvalue weighted by Crippen LogP contribution is 2.26. The highest BCUT2D eigenvalue weighted by Gasteiger charge is 2.58. The molecule has 0 atom stereocenters. The Bertz CT molecular complexity index is 305. The van der Waals surface area contributed by atoms with Crippen molar-refractivity contribution < 1.29 is 27.3 Å². The van der Waals surface area contributed by atoms with E-state index in [4.69, 9.17) is 17.7 Å². The van der Waals surface area contributed by atoms with E-state index in [0.29, 0.717) is 0 Å². The van der Waals surface area contributed by atoms with Crippen molar-refractivity contribution in [2.75, 3.05) is 0 Å². The van der Waals surface area contributed by atoms with E-state index in [9.17, 15) is 9.59 Å². The molecule has 0 bridgehead atoms. The Morgan fingerprint density at radius 2 is 1.00 bits per heavy atom. The predicted molar refractivity (Wildman–Crippen MR) is 71.0 cm³/mol. The van der Waals surface area contributed by atoms with E-state index >= 15 is 0 Å². The SMILES string of the molecule is CC(=O)O[Si](OC(C)=O)(OC(C)(C)C)OC(C)(C)C. The van der Waals surface area contributed by atoms with Gasteiger partial charge in [-0.2, -0.15) is 0 Å². The highest BCUT2D eigenvalue weighted by molar-refractivity contribution is 6.57. The van der Waals surface area contributed by atoms with E-state index in [-0.39, 0.29) is 0 Å². The van der Waals surface area contributed by atoms with Gasteiger partial charge in [-0.3, -0.25) is 9.59 Å². The zero-order valence-electron chi connectivity index (χ0n) is 12.9. The third-order valence-corrected chi connectivity index (χ3v) is 4.20. The van der Waals surface area contributed by atoms with Crippen LogP contribution >= 0.6 is 0 Å². The maximum atomic E-state index is 11.3. The second-order valence-corrected chi connectivity index (χ2v) is 7.93. The normalized spacial score (nSPS) is 13.1. The summed E-state index contributed by atoms with van der Waals surface area (Å²) in [6.07, 6.45) is 0. The van der Waals surface area contributed by atoms with Gasteiger partial charge in [-0.15, -0.1) is 0 Å². The van der Waals surface area contributed by atoms with E-state index in [1.165, 1.54) is 13.8 Å². The van der Waals surface area contributed by atoms with Crippen LogP contribution in [-0.2, 0) is 27.3 Å². The number of hydrogen-bond donors (Lipinski definition) is 0. The monoisotopic (exact) mass is 292 g/mol. The molecule has 0 aliphatic carbocycles. The summed E-state index contributed by atoms with van der Waals surface area (Å²) in [6.45, 7) is 13.0. The summed E-state index contributed by atoms with van der Waals surface area (Å²) < 4.78 is 21.5. The molecule has 0 aliphatic heterocycles. The van der Waals surface area contributed by atoms with Crippen molar-refractivity contribution >= 4 is 21.0 Å². The summed E-state index contributed by atoms with van der Waals surface area (Å²) in [4.78, 5) is 22.5. The van der Waals surface area contributed by atoms with Crippen LogP contribution in [-0.4, -0.2) is 32.2 Å². The molecule has 19 heavy (non-hydrogen) atoms. The molecule has 0 saturated carbocycles. The average molecular weight is 292 g/mol. The van der Waals surface area contributed by atoms with Gasteiger partial charge in [0.1, 0.15) is 0 Å². The maximum Gasteiger partial charge on any atom is 0.825 e. The lowest BCUT2D eigenvalue weighted by molar-refractivity contribution is -0.160. The quantitative estimate of drug-likeness (QED) is 0.740. The Hall–Kier alpha value is -0.923. The van der Waals surface area contributed by atoms with Crippen molar-refractivity contribution in [1.29, 1.82) is 0 Å². The molecule has 112 valence electrons. The third kappa shape index (κ3) is 8.74. The van der Waals surface area contributed by atoms with E-state index in [2.05, 4.69) is 0 Å². The Balaban J connectivity index is 5.43. The molecule has 6 nitrogen and oxygen atoms in total. The van der Waals surface area contributed by atoms with Crippen LogP contribution in [0.5, 0.6) is 0 Å². The summed E-state index contributed by atoms with van der Waals surface area (Å²) >= 11 is 0. The van der Waals surface area contributed by atoms with Gasteiger partial charge in [-0.25, -0.2) is 0 Å². The zero-order valence-corrected chi connectivity index (χ0v) is 13.9. The lowest BCUT2D eigenvalue weighted by Gasteiger charge is -2.35.